The second kappa shape index (κ2) is 7.78. The minimum Gasteiger partial charge on any atom is -0.488 e. The van der Waals surface area contributed by atoms with E-state index in [2.05, 4.69) is 0 Å². The van der Waals surface area contributed by atoms with Gasteiger partial charge in [-0.1, -0.05) is 17.7 Å². The van der Waals surface area contributed by atoms with Crippen molar-refractivity contribution in [3.63, 3.8) is 0 Å². The highest BCUT2D eigenvalue weighted by Crippen LogP contribution is 2.30. The lowest BCUT2D eigenvalue weighted by atomic mass is 10.0. The Hall–Kier alpha value is -2.25. The molecule has 1 heterocycles. The molecule has 0 aliphatic carbocycles. The fourth-order valence-corrected chi connectivity index (χ4v) is 3.06. The molecular formula is C19H17ClF3NO3. The van der Waals surface area contributed by atoms with Crippen LogP contribution in [0.4, 0.5) is 13.2 Å². The highest BCUT2D eigenvalue weighted by Gasteiger charge is 2.34. The molecule has 2 atom stereocenters. The Morgan fingerprint density at radius 2 is 1.89 bits per heavy atom. The van der Waals surface area contributed by atoms with Gasteiger partial charge >= 0.3 is 6.18 Å². The van der Waals surface area contributed by atoms with Crippen LogP contribution in [0.1, 0.15) is 22.3 Å². The van der Waals surface area contributed by atoms with Gasteiger partial charge in [-0.15, -0.1) is 0 Å². The van der Waals surface area contributed by atoms with Gasteiger partial charge in [-0.2, -0.15) is 13.2 Å². The van der Waals surface area contributed by atoms with E-state index < -0.39 is 29.9 Å². The van der Waals surface area contributed by atoms with Crippen molar-refractivity contribution in [3.8, 4) is 5.75 Å². The summed E-state index contributed by atoms with van der Waals surface area (Å²) >= 11 is 5.82. The van der Waals surface area contributed by atoms with E-state index in [9.17, 15) is 23.1 Å². The number of rotatable bonds is 3. The first-order chi connectivity index (χ1) is 12.7. The summed E-state index contributed by atoms with van der Waals surface area (Å²) in [5.41, 5.74) is -0.941. The molecule has 144 valence electrons. The normalized spacial score (nSPS) is 20.4. The summed E-state index contributed by atoms with van der Waals surface area (Å²) < 4.78 is 44.2. The number of β-amino-alcohol motifs (C(OH)–C–C–N with tert-alkyl or cyclic N) is 1. The molecule has 1 aliphatic heterocycles. The average Bonchev–Trinajstić information content (AvgIpc) is 2.64. The van der Waals surface area contributed by atoms with Crippen molar-refractivity contribution in [2.24, 2.45) is 0 Å². The van der Waals surface area contributed by atoms with Gasteiger partial charge in [-0.25, -0.2) is 0 Å². The van der Waals surface area contributed by atoms with E-state index in [0.29, 0.717) is 17.2 Å². The van der Waals surface area contributed by atoms with Crippen LogP contribution < -0.4 is 4.74 Å². The minimum absolute atomic E-state index is 0.0205. The third kappa shape index (κ3) is 4.73. The molecule has 3 rings (SSSR count). The zero-order chi connectivity index (χ0) is 19.6. The number of halogens is 4. The number of aliphatic hydroxyl groups is 1. The molecule has 0 unspecified atom stereocenters. The largest absolute Gasteiger partial charge is 0.488 e. The van der Waals surface area contributed by atoms with Crippen LogP contribution in [-0.2, 0) is 6.18 Å². The van der Waals surface area contributed by atoms with Crippen molar-refractivity contribution in [2.45, 2.75) is 24.8 Å². The first-order valence-electron chi connectivity index (χ1n) is 8.31. The van der Waals surface area contributed by atoms with E-state index in [1.54, 1.807) is 24.3 Å². The minimum atomic E-state index is -4.52. The van der Waals surface area contributed by atoms with E-state index >= 15 is 0 Å². The number of piperidine rings is 1. The molecule has 1 amide bonds. The number of carbonyl (C=O) groups is 1. The van der Waals surface area contributed by atoms with Crippen LogP contribution in [0.15, 0.2) is 48.5 Å². The highest BCUT2D eigenvalue weighted by atomic mass is 35.5. The molecule has 0 aromatic heterocycles. The second-order valence-corrected chi connectivity index (χ2v) is 6.73. The Morgan fingerprint density at radius 1 is 1.19 bits per heavy atom. The summed E-state index contributed by atoms with van der Waals surface area (Å²) in [5, 5.41) is 10.9. The van der Waals surface area contributed by atoms with Crippen LogP contribution >= 0.6 is 11.6 Å². The number of alkyl halides is 3. The molecule has 0 spiro atoms. The number of benzene rings is 2. The molecule has 0 saturated carbocycles. The quantitative estimate of drug-likeness (QED) is 0.848. The van der Waals surface area contributed by atoms with Gasteiger partial charge in [-0.05, 0) is 42.5 Å². The number of likely N-dealkylation sites (tertiary alicyclic amines) is 1. The molecule has 0 bridgehead atoms. The molecule has 1 fully saturated rings. The van der Waals surface area contributed by atoms with Gasteiger partial charge in [0.1, 0.15) is 18.0 Å². The summed E-state index contributed by atoms with van der Waals surface area (Å²) in [4.78, 5) is 13.9. The van der Waals surface area contributed by atoms with Gasteiger partial charge in [0.25, 0.3) is 5.91 Å². The average molecular weight is 400 g/mol. The highest BCUT2D eigenvalue weighted by molar-refractivity contribution is 6.30. The van der Waals surface area contributed by atoms with Crippen molar-refractivity contribution in [3.05, 3.63) is 64.7 Å². The zero-order valence-electron chi connectivity index (χ0n) is 14.1. The topological polar surface area (TPSA) is 49.8 Å². The van der Waals surface area contributed by atoms with Crippen molar-refractivity contribution in [1.82, 2.24) is 4.90 Å². The Morgan fingerprint density at radius 3 is 2.52 bits per heavy atom. The van der Waals surface area contributed by atoms with Gasteiger partial charge in [0.05, 0.1) is 12.1 Å². The maximum absolute atomic E-state index is 12.8. The molecule has 8 heteroatoms. The summed E-state index contributed by atoms with van der Waals surface area (Å²) in [7, 11) is 0. The predicted molar refractivity (Wildman–Crippen MR) is 93.8 cm³/mol. The van der Waals surface area contributed by atoms with E-state index in [-0.39, 0.29) is 18.7 Å². The number of nitrogens with zero attached hydrogens (tertiary/aromatic N) is 1. The summed E-state index contributed by atoms with van der Waals surface area (Å²) in [6.07, 6.45) is -5.63. The van der Waals surface area contributed by atoms with E-state index in [4.69, 9.17) is 16.3 Å². The number of hydrogen-bond donors (Lipinski definition) is 1. The van der Waals surface area contributed by atoms with E-state index in [1.165, 1.54) is 17.0 Å². The first kappa shape index (κ1) is 19.5. The summed E-state index contributed by atoms with van der Waals surface area (Å²) in [6, 6.07) is 10.9. The molecule has 1 aliphatic rings. The SMILES string of the molecule is O=C(c1cccc(C(F)(F)F)c1)N1CC[C@@H](Oc2ccc(Cl)cc2)[C@H](O)C1. The number of amides is 1. The van der Waals surface area contributed by atoms with Crippen LogP contribution in [0, 0.1) is 0 Å². The van der Waals surface area contributed by atoms with Crippen LogP contribution in [0.25, 0.3) is 0 Å². The molecule has 4 nitrogen and oxygen atoms in total. The Labute approximate surface area is 159 Å². The lowest BCUT2D eigenvalue weighted by Gasteiger charge is -2.36. The maximum atomic E-state index is 12.8. The fourth-order valence-electron chi connectivity index (χ4n) is 2.93. The second-order valence-electron chi connectivity index (χ2n) is 6.30. The predicted octanol–water partition coefficient (Wildman–Crippen LogP) is 4.01. The fraction of sp³-hybridized carbons (Fsp3) is 0.316. The Bertz CT molecular complexity index is 811. The zero-order valence-corrected chi connectivity index (χ0v) is 14.9. The van der Waals surface area contributed by atoms with Crippen LogP contribution in [-0.4, -0.2) is 41.2 Å². The van der Waals surface area contributed by atoms with Crippen LogP contribution in [0.5, 0.6) is 5.75 Å². The third-order valence-electron chi connectivity index (χ3n) is 4.35. The molecule has 1 saturated heterocycles. The number of aliphatic hydroxyl groups excluding tert-OH is 1. The summed E-state index contributed by atoms with van der Waals surface area (Å²) in [5.74, 6) is -0.00815. The van der Waals surface area contributed by atoms with Crippen LogP contribution in [0.3, 0.4) is 0 Å². The van der Waals surface area contributed by atoms with Crippen LogP contribution in [0.2, 0.25) is 5.02 Å². The molecular weight excluding hydrogens is 383 g/mol. The Balaban J connectivity index is 1.65. The van der Waals surface area contributed by atoms with Gasteiger partial charge in [0.15, 0.2) is 0 Å². The maximum Gasteiger partial charge on any atom is 0.416 e. The smallest absolute Gasteiger partial charge is 0.416 e. The van der Waals surface area contributed by atoms with E-state index in [1.807, 2.05) is 0 Å². The molecule has 2 aromatic carbocycles. The molecule has 27 heavy (non-hydrogen) atoms. The van der Waals surface area contributed by atoms with Gasteiger partial charge in [0.2, 0.25) is 0 Å². The standard InChI is InChI=1S/C19H17ClF3NO3/c20-14-4-6-15(7-5-14)27-17-8-9-24(11-16(17)25)18(26)12-2-1-3-13(10-12)19(21,22)23/h1-7,10,16-17,25H,8-9,11H2/t16-,17-/m1/s1. The lowest BCUT2D eigenvalue weighted by molar-refractivity contribution is -0.137. The number of hydrogen-bond acceptors (Lipinski definition) is 3. The summed E-state index contributed by atoms with van der Waals surface area (Å²) in [6.45, 7) is 0.248. The third-order valence-corrected chi connectivity index (χ3v) is 4.60. The van der Waals surface area contributed by atoms with Crippen molar-refractivity contribution in [1.29, 1.82) is 0 Å². The van der Waals surface area contributed by atoms with Crippen molar-refractivity contribution < 1.29 is 27.8 Å². The molecule has 2 aromatic rings. The lowest BCUT2D eigenvalue weighted by Crippen LogP contribution is -2.51. The first-order valence-corrected chi connectivity index (χ1v) is 8.68. The molecule has 1 N–H and O–H groups in total. The molecule has 0 radical (unpaired) electrons. The van der Waals surface area contributed by atoms with Gasteiger partial charge in [0, 0.05) is 23.6 Å². The van der Waals surface area contributed by atoms with Crippen molar-refractivity contribution >= 4 is 17.5 Å². The number of carbonyl (C=O) groups excluding carboxylic acids is 1. The number of ether oxygens (including phenoxy) is 1. The van der Waals surface area contributed by atoms with Gasteiger partial charge < -0.3 is 14.7 Å². The monoisotopic (exact) mass is 399 g/mol. The Kier molecular flexibility index (Phi) is 5.62. The van der Waals surface area contributed by atoms with Gasteiger partial charge in [-0.3, -0.25) is 4.79 Å². The van der Waals surface area contributed by atoms with E-state index in [0.717, 1.165) is 12.1 Å². The van der Waals surface area contributed by atoms with Crippen molar-refractivity contribution in [2.75, 3.05) is 13.1 Å².